The van der Waals surface area contributed by atoms with Crippen LogP contribution in [0.3, 0.4) is 0 Å². The van der Waals surface area contributed by atoms with E-state index in [1.54, 1.807) is 0 Å². The zero-order chi connectivity index (χ0) is 11.8. The summed E-state index contributed by atoms with van der Waals surface area (Å²) >= 11 is 0. The molecular formula is C12H23NO3. The third kappa shape index (κ3) is 4.94. The molecule has 1 aliphatic rings. The summed E-state index contributed by atoms with van der Waals surface area (Å²) in [4.78, 5) is 10.9. The lowest BCUT2D eigenvalue weighted by Crippen LogP contribution is -2.36. The fourth-order valence-electron chi connectivity index (χ4n) is 2.03. The van der Waals surface area contributed by atoms with Crippen LogP contribution in [-0.2, 0) is 14.3 Å². The van der Waals surface area contributed by atoms with E-state index in [9.17, 15) is 4.79 Å². The highest BCUT2D eigenvalue weighted by Gasteiger charge is 2.21. The molecule has 0 heterocycles. The van der Waals surface area contributed by atoms with Gasteiger partial charge in [-0.3, -0.25) is 0 Å². The lowest BCUT2D eigenvalue weighted by atomic mass is 9.93. The van der Waals surface area contributed by atoms with Gasteiger partial charge in [-0.1, -0.05) is 6.92 Å². The summed E-state index contributed by atoms with van der Waals surface area (Å²) in [7, 11) is 1.39. The van der Waals surface area contributed by atoms with Crippen LogP contribution in [-0.4, -0.2) is 38.4 Å². The molecule has 0 bridgehead atoms. The summed E-state index contributed by atoms with van der Waals surface area (Å²) in [5.41, 5.74) is 0. The van der Waals surface area contributed by atoms with Gasteiger partial charge in [-0.15, -0.1) is 0 Å². The second kappa shape index (κ2) is 7.63. The van der Waals surface area contributed by atoms with Crippen LogP contribution >= 0.6 is 0 Å². The van der Waals surface area contributed by atoms with Gasteiger partial charge in [0.15, 0.2) is 0 Å². The van der Waals surface area contributed by atoms with E-state index in [-0.39, 0.29) is 18.7 Å². The molecule has 0 atom stereocenters. The van der Waals surface area contributed by atoms with Crippen molar-refractivity contribution in [3.63, 3.8) is 0 Å². The van der Waals surface area contributed by atoms with Crippen molar-refractivity contribution >= 4 is 5.97 Å². The third-order valence-corrected chi connectivity index (χ3v) is 3.02. The van der Waals surface area contributed by atoms with Crippen molar-refractivity contribution in [2.45, 2.75) is 51.2 Å². The minimum atomic E-state index is -0.286. The molecule has 0 amide bonds. The third-order valence-electron chi connectivity index (χ3n) is 3.02. The standard InChI is InChI=1S/C12H23NO3/c1-3-8-13-10-4-6-11(7-5-10)16-9-12(14)15-2/h10-11,13H,3-9H2,1-2H3. The Bertz CT molecular complexity index is 200. The highest BCUT2D eigenvalue weighted by atomic mass is 16.6. The minimum Gasteiger partial charge on any atom is -0.467 e. The number of hydrogen-bond acceptors (Lipinski definition) is 4. The van der Waals surface area contributed by atoms with Crippen LogP contribution in [0.4, 0.5) is 0 Å². The minimum absolute atomic E-state index is 0.0915. The maximum atomic E-state index is 10.9. The van der Waals surface area contributed by atoms with Gasteiger partial charge in [0.2, 0.25) is 0 Å². The molecular weight excluding hydrogens is 206 g/mol. The van der Waals surface area contributed by atoms with Crippen LogP contribution < -0.4 is 5.32 Å². The molecule has 0 aromatic heterocycles. The summed E-state index contributed by atoms with van der Waals surface area (Å²) in [6.45, 7) is 3.37. The van der Waals surface area contributed by atoms with Crippen LogP contribution in [0, 0.1) is 0 Å². The van der Waals surface area contributed by atoms with Gasteiger partial charge < -0.3 is 14.8 Å². The van der Waals surface area contributed by atoms with Gasteiger partial charge in [-0.2, -0.15) is 0 Å². The molecule has 1 N–H and O–H groups in total. The molecule has 0 saturated heterocycles. The van der Waals surface area contributed by atoms with Crippen molar-refractivity contribution in [1.82, 2.24) is 5.32 Å². The number of carbonyl (C=O) groups excluding carboxylic acids is 1. The van der Waals surface area contributed by atoms with Gasteiger partial charge in [-0.25, -0.2) is 4.79 Å². The Morgan fingerprint density at radius 2 is 2.00 bits per heavy atom. The summed E-state index contributed by atoms with van der Waals surface area (Å²) < 4.78 is 10.0. The molecule has 1 rings (SSSR count). The molecule has 0 unspecified atom stereocenters. The lowest BCUT2D eigenvalue weighted by molar-refractivity contribution is -0.148. The van der Waals surface area contributed by atoms with Gasteiger partial charge in [0.1, 0.15) is 6.61 Å². The predicted octanol–water partition coefficient (Wildman–Crippen LogP) is 1.49. The van der Waals surface area contributed by atoms with E-state index >= 15 is 0 Å². The molecule has 1 saturated carbocycles. The Balaban J connectivity index is 2.09. The number of esters is 1. The maximum absolute atomic E-state index is 10.9. The first kappa shape index (κ1) is 13.5. The summed E-state index contributed by atoms with van der Waals surface area (Å²) in [6.07, 6.45) is 5.78. The highest BCUT2D eigenvalue weighted by Crippen LogP contribution is 2.21. The quantitative estimate of drug-likeness (QED) is 0.701. The van der Waals surface area contributed by atoms with E-state index in [1.165, 1.54) is 13.5 Å². The first-order valence-electron chi connectivity index (χ1n) is 6.18. The van der Waals surface area contributed by atoms with Gasteiger partial charge in [0.05, 0.1) is 13.2 Å². The van der Waals surface area contributed by atoms with Gasteiger partial charge >= 0.3 is 5.97 Å². The number of rotatable bonds is 6. The average molecular weight is 229 g/mol. The lowest BCUT2D eigenvalue weighted by Gasteiger charge is -2.28. The molecule has 16 heavy (non-hydrogen) atoms. The highest BCUT2D eigenvalue weighted by molar-refractivity contribution is 5.70. The van der Waals surface area contributed by atoms with E-state index in [4.69, 9.17) is 4.74 Å². The molecule has 94 valence electrons. The normalized spacial score (nSPS) is 25.4. The van der Waals surface area contributed by atoms with Crippen molar-refractivity contribution in [3.8, 4) is 0 Å². The van der Waals surface area contributed by atoms with Crippen molar-refractivity contribution in [2.24, 2.45) is 0 Å². The Morgan fingerprint density at radius 3 is 2.56 bits per heavy atom. The van der Waals surface area contributed by atoms with E-state index in [1.807, 2.05) is 0 Å². The molecule has 0 aromatic rings. The average Bonchev–Trinajstić information content (AvgIpc) is 2.34. The van der Waals surface area contributed by atoms with Crippen LogP contribution in [0.2, 0.25) is 0 Å². The number of methoxy groups -OCH3 is 1. The SMILES string of the molecule is CCCNC1CCC(OCC(=O)OC)CC1. The maximum Gasteiger partial charge on any atom is 0.331 e. The Labute approximate surface area is 97.7 Å². The molecule has 0 spiro atoms. The molecule has 4 heteroatoms. The smallest absolute Gasteiger partial charge is 0.331 e. The summed E-state index contributed by atoms with van der Waals surface area (Å²) in [6, 6.07) is 0.637. The Hall–Kier alpha value is -0.610. The van der Waals surface area contributed by atoms with Crippen molar-refractivity contribution in [3.05, 3.63) is 0 Å². The first-order valence-corrected chi connectivity index (χ1v) is 6.18. The van der Waals surface area contributed by atoms with Crippen LogP contribution in [0.15, 0.2) is 0 Å². The predicted molar refractivity (Wildman–Crippen MR) is 62.3 cm³/mol. The van der Waals surface area contributed by atoms with E-state index in [0.29, 0.717) is 6.04 Å². The molecule has 1 fully saturated rings. The van der Waals surface area contributed by atoms with Gasteiger partial charge in [-0.05, 0) is 38.6 Å². The molecule has 0 aliphatic heterocycles. The molecule has 0 aromatic carbocycles. The Kier molecular flexibility index (Phi) is 6.42. The zero-order valence-electron chi connectivity index (χ0n) is 10.3. The van der Waals surface area contributed by atoms with E-state index < -0.39 is 0 Å². The zero-order valence-corrected chi connectivity index (χ0v) is 10.3. The second-order valence-corrected chi connectivity index (χ2v) is 4.31. The fourth-order valence-corrected chi connectivity index (χ4v) is 2.03. The van der Waals surface area contributed by atoms with Gasteiger partial charge in [0.25, 0.3) is 0 Å². The molecule has 0 radical (unpaired) electrons. The van der Waals surface area contributed by atoms with E-state index in [0.717, 1.165) is 32.2 Å². The fraction of sp³-hybridized carbons (Fsp3) is 0.917. The number of hydrogen-bond donors (Lipinski definition) is 1. The van der Waals surface area contributed by atoms with Crippen LogP contribution in [0.1, 0.15) is 39.0 Å². The van der Waals surface area contributed by atoms with Gasteiger partial charge in [0, 0.05) is 6.04 Å². The first-order chi connectivity index (χ1) is 7.76. The van der Waals surface area contributed by atoms with Crippen LogP contribution in [0.5, 0.6) is 0 Å². The largest absolute Gasteiger partial charge is 0.467 e. The van der Waals surface area contributed by atoms with E-state index in [2.05, 4.69) is 17.0 Å². The number of carbonyl (C=O) groups is 1. The van der Waals surface area contributed by atoms with Crippen molar-refractivity contribution in [1.29, 1.82) is 0 Å². The Morgan fingerprint density at radius 1 is 1.31 bits per heavy atom. The monoisotopic (exact) mass is 229 g/mol. The second-order valence-electron chi connectivity index (χ2n) is 4.31. The number of nitrogens with one attached hydrogen (secondary N) is 1. The van der Waals surface area contributed by atoms with Crippen molar-refractivity contribution in [2.75, 3.05) is 20.3 Å². The molecule has 4 nitrogen and oxygen atoms in total. The topological polar surface area (TPSA) is 47.6 Å². The van der Waals surface area contributed by atoms with Crippen molar-refractivity contribution < 1.29 is 14.3 Å². The summed E-state index contributed by atoms with van der Waals surface area (Å²) in [5.74, 6) is -0.286. The number of ether oxygens (including phenoxy) is 2. The van der Waals surface area contributed by atoms with Crippen LogP contribution in [0.25, 0.3) is 0 Å². The molecule has 1 aliphatic carbocycles. The summed E-state index contributed by atoms with van der Waals surface area (Å²) in [5, 5.41) is 3.52.